The summed E-state index contributed by atoms with van der Waals surface area (Å²) in [5.74, 6) is 1.25. The van der Waals surface area contributed by atoms with E-state index in [9.17, 15) is 5.26 Å². The molecule has 0 radical (unpaired) electrons. The number of rotatable bonds is 4. The Hall–Kier alpha value is -2.17. The van der Waals surface area contributed by atoms with Gasteiger partial charge in [-0.05, 0) is 31.4 Å². The topological polar surface area (TPSA) is 74.1 Å². The van der Waals surface area contributed by atoms with Crippen molar-refractivity contribution in [3.05, 3.63) is 35.7 Å². The number of anilines is 2. The fraction of sp³-hybridized carbons (Fsp3) is 0.500. The number of benzene rings is 1. The number of nitrogens with zero attached hydrogens (tertiary/aromatic N) is 4. The average molecular weight is 355 g/mol. The summed E-state index contributed by atoms with van der Waals surface area (Å²) in [6, 6.07) is 10.4. The predicted molar refractivity (Wildman–Crippen MR) is 98.1 cm³/mol. The number of aromatic nitrogens is 2. The van der Waals surface area contributed by atoms with Crippen LogP contribution in [0.25, 0.3) is 0 Å². The van der Waals surface area contributed by atoms with Crippen LogP contribution < -0.4 is 10.2 Å². The summed E-state index contributed by atoms with van der Waals surface area (Å²) in [4.78, 5) is 6.96. The second-order valence-corrected chi connectivity index (χ2v) is 7.33. The van der Waals surface area contributed by atoms with Crippen LogP contribution >= 0.6 is 11.5 Å². The highest BCUT2D eigenvalue weighted by molar-refractivity contribution is 7.09. The van der Waals surface area contributed by atoms with Gasteiger partial charge < -0.3 is 15.0 Å². The molecule has 0 spiro atoms. The van der Waals surface area contributed by atoms with Gasteiger partial charge in [0.05, 0.1) is 17.9 Å². The van der Waals surface area contributed by atoms with Crippen LogP contribution in [0.15, 0.2) is 24.3 Å². The Bertz CT molecular complexity index is 765. The molecule has 25 heavy (non-hydrogen) atoms. The summed E-state index contributed by atoms with van der Waals surface area (Å²) in [5, 5.41) is 13.8. The Morgan fingerprint density at radius 3 is 3.08 bits per heavy atom. The molecule has 1 N–H and O–H groups in total. The molecule has 4 rings (SSSR count). The largest absolute Gasteiger partial charge is 0.381 e. The van der Waals surface area contributed by atoms with E-state index in [1.165, 1.54) is 11.5 Å². The van der Waals surface area contributed by atoms with E-state index in [0.29, 0.717) is 12.0 Å². The van der Waals surface area contributed by atoms with Gasteiger partial charge >= 0.3 is 0 Å². The number of hydrogen-bond acceptors (Lipinski definition) is 7. The number of nitrogens with one attached hydrogen (secondary N) is 1. The van der Waals surface area contributed by atoms with Crippen LogP contribution in [0, 0.1) is 11.3 Å². The van der Waals surface area contributed by atoms with E-state index in [0.717, 1.165) is 67.8 Å². The lowest BCUT2D eigenvalue weighted by Gasteiger charge is -2.35. The van der Waals surface area contributed by atoms with Gasteiger partial charge in [0.1, 0.15) is 11.9 Å². The number of piperidine rings is 1. The minimum Gasteiger partial charge on any atom is -0.381 e. The van der Waals surface area contributed by atoms with Crippen molar-refractivity contribution >= 4 is 22.4 Å². The second kappa shape index (κ2) is 7.38. The Labute approximate surface area is 151 Å². The fourth-order valence-corrected chi connectivity index (χ4v) is 4.25. The van der Waals surface area contributed by atoms with Crippen molar-refractivity contribution in [3.8, 4) is 6.07 Å². The van der Waals surface area contributed by atoms with Crippen molar-refractivity contribution in [1.82, 2.24) is 9.36 Å². The van der Waals surface area contributed by atoms with Crippen molar-refractivity contribution in [2.24, 2.45) is 0 Å². The summed E-state index contributed by atoms with van der Waals surface area (Å²) >= 11 is 1.44. The number of hydrogen-bond donors (Lipinski definition) is 1. The van der Waals surface area contributed by atoms with Gasteiger partial charge in [0.15, 0.2) is 0 Å². The van der Waals surface area contributed by atoms with Gasteiger partial charge in [-0.25, -0.2) is 4.98 Å². The lowest BCUT2D eigenvalue weighted by Crippen LogP contribution is -2.42. The summed E-state index contributed by atoms with van der Waals surface area (Å²) in [7, 11) is 0. The number of para-hydroxylation sites is 1. The van der Waals surface area contributed by atoms with E-state index in [1.807, 2.05) is 24.3 Å². The van der Waals surface area contributed by atoms with Crippen molar-refractivity contribution in [2.75, 3.05) is 36.5 Å². The molecule has 7 heteroatoms. The SMILES string of the molecule is N#Cc1ccccc1N1CCCC(Nc2nc(C3CCOC3)ns2)C1. The van der Waals surface area contributed by atoms with Gasteiger partial charge in [0.25, 0.3) is 0 Å². The molecule has 3 heterocycles. The molecule has 0 amide bonds. The van der Waals surface area contributed by atoms with Crippen LogP contribution in [0.1, 0.15) is 36.6 Å². The highest BCUT2D eigenvalue weighted by Gasteiger charge is 2.25. The first-order valence-corrected chi connectivity index (χ1v) is 9.53. The third-order valence-electron chi connectivity index (χ3n) is 4.85. The molecule has 2 fully saturated rings. The fourth-order valence-electron chi connectivity index (χ4n) is 3.53. The van der Waals surface area contributed by atoms with E-state index in [4.69, 9.17) is 4.74 Å². The minimum absolute atomic E-state index is 0.320. The Kier molecular flexibility index (Phi) is 4.81. The van der Waals surface area contributed by atoms with Gasteiger partial charge in [-0.2, -0.15) is 9.64 Å². The van der Waals surface area contributed by atoms with Crippen molar-refractivity contribution in [2.45, 2.75) is 31.2 Å². The predicted octanol–water partition coefficient (Wildman–Crippen LogP) is 2.99. The van der Waals surface area contributed by atoms with Gasteiger partial charge in [-0.3, -0.25) is 0 Å². The maximum absolute atomic E-state index is 9.34. The zero-order valence-corrected chi connectivity index (χ0v) is 14.8. The van der Waals surface area contributed by atoms with Crippen molar-refractivity contribution < 1.29 is 4.74 Å². The summed E-state index contributed by atoms with van der Waals surface area (Å²) in [6.07, 6.45) is 3.21. The lowest BCUT2D eigenvalue weighted by atomic mass is 10.0. The molecule has 130 valence electrons. The minimum atomic E-state index is 0.320. The van der Waals surface area contributed by atoms with E-state index < -0.39 is 0 Å². The van der Waals surface area contributed by atoms with Crippen LogP contribution in [0.3, 0.4) is 0 Å². The lowest BCUT2D eigenvalue weighted by molar-refractivity contribution is 0.193. The van der Waals surface area contributed by atoms with E-state index in [-0.39, 0.29) is 0 Å². The molecule has 1 aromatic carbocycles. The zero-order valence-electron chi connectivity index (χ0n) is 14.0. The zero-order chi connectivity index (χ0) is 17.1. The molecule has 1 aromatic heterocycles. The molecular weight excluding hydrogens is 334 g/mol. The quantitative estimate of drug-likeness (QED) is 0.909. The van der Waals surface area contributed by atoms with Crippen LogP contribution in [0.2, 0.25) is 0 Å². The van der Waals surface area contributed by atoms with Gasteiger partial charge in [-0.1, -0.05) is 12.1 Å². The standard InChI is InChI=1S/C18H21N5OS/c19-10-13-4-1-2-6-16(13)23-8-3-5-15(11-23)20-18-21-17(22-25-18)14-7-9-24-12-14/h1-2,4,6,14-15H,3,5,7-9,11-12H2,(H,20,21,22). The summed E-state index contributed by atoms with van der Waals surface area (Å²) < 4.78 is 9.93. The Morgan fingerprint density at radius 2 is 2.24 bits per heavy atom. The molecule has 2 atom stereocenters. The molecule has 2 aromatic rings. The van der Waals surface area contributed by atoms with E-state index >= 15 is 0 Å². The molecule has 0 bridgehead atoms. The molecule has 2 aliphatic heterocycles. The maximum Gasteiger partial charge on any atom is 0.202 e. The normalized spacial score (nSPS) is 23.4. The highest BCUT2D eigenvalue weighted by atomic mass is 32.1. The van der Waals surface area contributed by atoms with Crippen LogP contribution in [0.4, 0.5) is 10.8 Å². The number of ether oxygens (including phenoxy) is 1. The first-order valence-electron chi connectivity index (χ1n) is 8.75. The van der Waals surface area contributed by atoms with Gasteiger partial charge in [0, 0.05) is 43.2 Å². The summed E-state index contributed by atoms with van der Waals surface area (Å²) in [5.41, 5.74) is 1.76. The Morgan fingerprint density at radius 1 is 1.32 bits per heavy atom. The third-order valence-corrected chi connectivity index (χ3v) is 5.51. The van der Waals surface area contributed by atoms with E-state index in [2.05, 4.69) is 25.6 Å². The van der Waals surface area contributed by atoms with E-state index in [1.54, 1.807) is 0 Å². The smallest absolute Gasteiger partial charge is 0.202 e. The molecule has 2 aliphatic rings. The maximum atomic E-state index is 9.34. The van der Waals surface area contributed by atoms with Gasteiger partial charge in [0.2, 0.25) is 5.13 Å². The second-order valence-electron chi connectivity index (χ2n) is 6.58. The number of nitriles is 1. The molecular formula is C18H21N5OS. The average Bonchev–Trinajstić information content (AvgIpc) is 3.33. The molecule has 0 aliphatic carbocycles. The molecule has 0 saturated carbocycles. The molecule has 2 unspecified atom stereocenters. The van der Waals surface area contributed by atoms with Crippen LogP contribution in [-0.2, 0) is 4.74 Å². The Balaban J connectivity index is 1.42. The first kappa shape index (κ1) is 16.3. The third kappa shape index (κ3) is 3.60. The van der Waals surface area contributed by atoms with Crippen molar-refractivity contribution in [3.63, 3.8) is 0 Å². The summed E-state index contributed by atoms with van der Waals surface area (Å²) in [6.45, 7) is 3.40. The molecule has 2 saturated heterocycles. The van der Waals surface area contributed by atoms with Crippen molar-refractivity contribution in [1.29, 1.82) is 5.26 Å². The monoisotopic (exact) mass is 355 g/mol. The molecule has 6 nitrogen and oxygen atoms in total. The van der Waals surface area contributed by atoms with Crippen LogP contribution in [0.5, 0.6) is 0 Å². The van der Waals surface area contributed by atoms with Crippen LogP contribution in [-0.4, -0.2) is 41.7 Å². The first-order chi connectivity index (χ1) is 12.3. The van der Waals surface area contributed by atoms with Gasteiger partial charge in [-0.15, -0.1) is 0 Å². The highest BCUT2D eigenvalue weighted by Crippen LogP contribution is 2.28.